The van der Waals surface area contributed by atoms with Gasteiger partial charge in [0.15, 0.2) is 10.9 Å². The first-order chi connectivity index (χ1) is 10.2. The number of hydrogen-bond donors (Lipinski definition) is 3. The second kappa shape index (κ2) is 5.63. The van der Waals surface area contributed by atoms with Crippen molar-refractivity contribution in [2.45, 2.75) is 17.8 Å². The van der Waals surface area contributed by atoms with Gasteiger partial charge in [0, 0.05) is 5.56 Å². The first kappa shape index (κ1) is 13.7. The fraction of sp³-hybridized carbons (Fsp3) is 0.143. The predicted octanol–water partition coefficient (Wildman–Crippen LogP) is 2.36. The van der Waals surface area contributed by atoms with E-state index in [9.17, 15) is 4.79 Å². The molecule has 0 aliphatic carbocycles. The van der Waals surface area contributed by atoms with Gasteiger partial charge in [-0.2, -0.15) is 0 Å². The second-order valence-electron chi connectivity index (χ2n) is 4.55. The largest absolute Gasteiger partial charge is 0.455 e. The van der Waals surface area contributed by atoms with Crippen LogP contribution in [0.2, 0.25) is 0 Å². The zero-order chi connectivity index (χ0) is 14.8. The van der Waals surface area contributed by atoms with Gasteiger partial charge in [-0.05, 0) is 25.1 Å². The molecule has 0 unspecified atom stereocenters. The number of amides is 1. The van der Waals surface area contributed by atoms with Gasteiger partial charge >= 0.3 is 5.91 Å². The molecule has 0 saturated heterocycles. The minimum Gasteiger partial charge on any atom is -0.455 e. The van der Waals surface area contributed by atoms with Crippen LogP contribution in [0.5, 0.6) is 0 Å². The Morgan fingerprint density at radius 3 is 3.05 bits per heavy atom. The van der Waals surface area contributed by atoms with Gasteiger partial charge in [-0.3, -0.25) is 10.2 Å². The minimum atomic E-state index is -0.424. The molecular weight excluding hydrogens is 288 g/mol. The first-order valence-electron chi connectivity index (χ1n) is 6.35. The average Bonchev–Trinajstić information content (AvgIpc) is 3.07. The van der Waals surface area contributed by atoms with Crippen LogP contribution in [0.3, 0.4) is 0 Å². The van der Waals surface area contributed by atoms with Gasteiger partial charge in [0.2, 0.25) is 0 Å². The third-order valence-corrected chi connectivity index (χ3v) is 3.92. The molecule has 21 heavy (non-hydrogen) atoms. The molecule has 0 atom stereocenters. The molecule has 3 aromatic rings. The molecule has 0 aliphatic rings. The third-order valence-electron chi connectivity index (χ3n) is 3.02. The quantitative estimate of drug-likeness (QED) is 0.297. The standard InChI is InChI=1S/C14H14N4O2S/c1-8-6-9(20-12(8)13(19)18-15)7-21-14-16-10-4-2-3-5-11(10)17-14/h2-6H,7,15H2,1H3,(H,16,17)(H,18,19). The van der Waals surface area contributed by atoms with E-state index in [1.165, 1.54) is 11.8 Å². The summed E-state index contributed by atoms with van der Waals surface area (Å²) in [7, 11) is 0. The van der Waals surface area contributed by atoms with E-state index < -0.39 is 5.91 Å². The summed E-state index contributed by atoms with van der Waals surface area (Å²) in [6, 6.07) is 9.68. The number of aryl methyl sites for hydroxylation is 1. The van der Waals surface area contributed by atoms with Gasteiger partial charge in [0.25, 0.3) is 0 Å². The number of furan rings is 1. The number of rotatable bonds is 4. The van der Waals surface area contributed by atoms with Crippen molar-refractivity contribution in [3.05, 3.63) is 47.4 Å². The van der Waals surface area contributed by atoms with Crippen molar-refractivity contribution < 1.29 is 9.21 Å². The Bertz CT molecular complexity index is 760. The number of hydrazine groups is 1. The lowest BCUT2D eigenvalue weighted by Gasteiger charge is -1.96. The van der Waals surface area contributed by atoms with Crippen LogP contribution < -0.4 is 11.3 Å². The topological polar surface area (TPSA) is 96.9 Å². The van der Waals surface area contributed by atoms with Gasteiger partial charge in [-0.25, -0.2) is 10.8 Å². The van der Waals surface area contributed by atoms with Crippen molar-refractivity contribution in [3.8, 4) is 0 Å². The van der Waals surface area contributed by atoms with Crippen LogP contribution >= 0.6 is 11.8 Å². The van der Waals surface area contributed by atoms with Crippen LogP contribution in [0, 0.1) is 6.92 Å². The zero-order valence-corrected chi connectivity index (χ0v) is 12.2. The number of fused-ring (bicyclic) bond motifs is 1. The number of imidazole rings is 1. The predicted molar refractivity (Wildman–Crippen MR) is 80.8 cm³/mol. The normalized spacial score (nSPS) is 11.0. The van der Waals surface area contributed by atoms with Crippen molar-refractivity contribution in [2.75, 3.05) is 0 Å². The molecule has 7 heteroatoms. The Morgan fingerprint density at radius 2 is 2.29 bits per heavy atom. The van der Waals surface area contributed by atoms with Gasteiger partial charge < -0.3 is 9.40 Å². The van der Waals surface area contributed by atoms with Crippen molar-refractivity contribution in [2.24, 2.45) is 5.84 Å². The average molecular weight is 302 g/mol. The molecule has 108 valence electrons. The first-order valence-corrected chi connectivity index (χ1v) is 7.33. The molecule has 2 aromatic heterocycles. The third kappa shape index (κ3) is 2.79. The molecule has 1 aromatic carbocycles. The van der Waals surface area contributed by atoms with Gasteiger partial charge in [0.1, 0.15) is 5.76 Å². The summed E-state index contributed by atoms with van der Waals surface area (Å²) in [5, 5.41) is 0.815. The fourth-order valence-electron chi connectivity index (χ4n) is 2.05. The maximum atomic E-state index is 11.5. The molecule has 0 saturated carbocycles. The lowest BCUT2D eigenvalue weighted by atomic mass is 10.2. The van der Waals surface area contributed by atoms with E-state index in [2.05, 4.69) is 15.4 Å². The maximum absolute atomic E-state index is 11.5. The van der Waals surface area contributed by atoms with E-state index in [-0.39, 0.29) is 5.76 Å². The number of nitrogens with two attached hydrogens (primary N) is 1. The van der Waals surface area contributed by atoms with E-state index in [4.69, 9.17) is 10.3 Å². The molecule has 6 nitrogen and oxygen atoms in total. The zero-order valence-electron chi connectivity index (χ0n) is 11.3. The second-order valence-corrected chi connectivity index (χ2v) is 5.51. The van der Waals surface area contributed by atoms with Crippen LogP contribution in [0.1, 0.15) is 21.9 Å². The van der Waals surface area contributed by atoms with Crippen LogP contribution in [-0.2, 0) is 5.75 Å². The highest BCUT2D eigenvalue weighted by atomic mass is 32.2. The van der Waals surface area contributed by atoms with Crippen LogP contribution in [-0.4, -0.2) is 15.9 Å². The number of thioether (sulfide) groups is 1. The fourth-order valence-corrected chi connectivity index (χ4v) is 2.81. The van der Waals surface area contributed by atoms with Gasteiger partial charge in [0.05, 0.1) is 16.8 Å². The number of carbonyl (C=O) groups is 1. The van der Waals surface area contributed by atoms with E-state index in [1.807, 2.05) is 37.3 Å². The number of nitrogens with zero attached hydrogens (tertiary/aromatic N) is 1. The van der Waals surface area contributed by atoms with E-state index >= 15 is 0 Å². The van der Waals surface area contributed by atoms with Crippen molar-refractivity contribution >= 4 is 28.7 Å². The van der Waals surface area contributed by atoms with Crippen molar-refractivity contribution in [1.82, 2.24) is 15.4 Å². The molecule has 0 spiro atoms. The summed E-state index contributed by atoms with van der Waals surface area (Å²) in [4.78, 5) is 19.2. The van der Waals surface area contributed by atoms with E-state index in [0.717, 1.165) is 21.8 Å². The SMILES string of the molecule is Cc1cc(CSc2nc3ccccc3[nH]2)oc1C(=O)NN. The molecule has 0 fully saturated rings. The molecular formula is C14H14N4O2S. The highest BCUT2D eigenvalue weighted by Gasteiger charge is 2.15. The van der Waals surface area contributed by atoms with Crippen molar-refractivity contribution in [1.29, 1.82) is 0 Å². The number of para-hydroxylation sites is 2. The molecule has 4 N–H and O–H groups in total. The molecule has 0 radical (unpaired) electrons. The highest BCUT2D eigenvalue weighted by molar-refractivity contribution is 7.98. The molecule has 0 bridgehead atoms. The summed E-state index contributed by atoms with van der Waals surface area (Å²) in [6.07, 6.45) is 0. The molecule has 2 heterocycles. The number of nitrogen functional groups attached to an aromatic ring is 1. The lowest BCUT2D eigenvalue weighted by molar-refractivity contribution is 0.0923. The van der Waals surface area contributed by atoms with E-state index in [1.54, 1.807) is 0 Å². The van der Waals surface area contributed by atoms with E-state index in [0.29, 0.717) is 11.5 Å². The molecule has 1 amide bonds. The Kier molecular flexibility index (Phi) is 3.68. The summed E-state index contributed by atoms with van der Waals surface area (Å²) in [5.41, 5.74) is 4.76. The number of hydrogen-bond acceptors (Lipinski definition) is 5. The summed E-state index contributed by atoms with van der Waals surface area (Å²) in [6.45, 7) is 1.81. The molecule has 0 aliphatic heterocycles. The minimum absolute atomic E-state index is 0.248. The lowest BCUT2D eigenvalue weighted by Crippen LogP contribution is -2.30. The number of aromatic nitrogens is 2. The Hall–Kier alpha value is -2.25. The van der Waals surface area contributed by atoms with Crippen molar-refractivity contribution in [3.63, 3.8) is 0 Å². The Morgan fingerprint density at radius 1 is 1.48 bits per heavy atom. The summed E-state index contributed by atoms with van der Waals surface area (Å²) >= 11 is 1.52. The smallest absolute Gasteiger partial charge is 0.301 e. The number of aromatic amines is 1. The van der Waals surface area contributed by atoms with Crippen LogP contribution in [0.15, 0.2) is 39.9 Å². The molecule has 3 rings (SSSR count). The maximum Gasteiger partial charge on any atom is 0.301 e. The van der Waals surface area contributed by atoms with Crippen LogP contribution in [0.4, 0.5) is 0 Å². The Labute approximate surface area is 125 Å². The van der Waals surface area contributed by atoms with Crippen LogP contribution in [0.25, 0.3) is 11.0 Å². The van der Waals surface area contributed by atoms with Gasteiger partial charge in [-0.1, -0.05) is 23.9 Å². The number of H-pyrrole nitrogens is 1. The van der Waals surface area contributed by atoms with Gasteiger partial charge in [-0.15, -0.1) is 0 Å². The summed E-state index contributed by atoms with van der Waals surface area (Å²) < 4.78 is 5.51. The highest BCUT2D eigenvalue weighted by Crippen LogP contribution is 2.25. The number of nitrogens with one attached hydrogen (secondary N) is 2. The Balaban J connectivity index is 1.74. The number of benzene rings is 1. The number of carbonyl (C=O) groups excluding carboxylic acids is 1. The summed E-state index contributed by atoms with van der Waals surface area (Å²) in [5.74, 6) is 6.22. The monoisotopic (exact) mass is 302 g/mol.